The number of nitrogens with zero attached hydrogens (tertiary/aromatic N) is 3. The Morgan fingerprint density at radius 2 is 2.00 bits per heavy atom. The van der Waals surface area contributed by atoms with E-state index < -0.39 is 0 Å². The minimum Gasteiger partial charge on any atom is -0.396 e. The predicted octanol–water partition coefficient (Wildman–Crippen LogP) is 3.43. The second-order valence-electron chi connectivity index (χ2n) is 5.05. The molecule has 0 unspecified atom stereocenters. The lowest BCUT2D eigenvalue weighted by Crippen LogP contribution is -2.00. The molecule has 5 heteroatoms. The summed E-state index contributed by atoms with van der Waals surface area (Å²) in [5.74, 6) is 0. The summed E-state index contributed by atoms with van der Waals surface area (Å²) >= 11 is 5.97. The van der Waals surface area contributed by atoms with Gasteiger partial charge in [0.15, 0.2) is 0 Å². The van der Waals surface area contributed by atoms with Crippen molar-refractivity contribution in [3.05, 3.63) is 65.2 Å². The first-order chi connectivity index (χ1) is 10.7. The number of rotatable bonds is 4. The summed E-state index contributed by atoms with van der Waals surface area (Å²) in [7, 11) is 0. The Bertz CT molecular complexity index is 785. The molecule has 1 aromatic carbocycles. The van der Waals surface area contributed by atoms with E-state index in [0.717, 1.165) is 28.1 Å². The van der Waals surface area contributed by atoms with Crippen LogP contribution in [0.5, 0.6) is 0 Å². The summed E-state index contributed by atoms with van der Waals surface area (Å²) in [5.41, 5.74) is 5.03. The lowest BCUT2D eigenvalue weighted by Gasteiger charge is -2.12. The number of aliphatic hydroxyl groups excluding tert-OH is 1. The van der Waals surface area contributed by atoms with Crippen molar-refractivity contribution in [2.45, 2.75) is 13.3 Å². The highest BCUT2D eigenvalue weighted by Crippen LogP contribution is 2.29. The minimum absolute atomic E-state index is 0.0464. The van der Waals surface area contributed by atoms with Crippen LogP contribution in [0.3, 0.4) is 0 Å². The van der Waals surface area contributed by atoms with E-state index in [4.69, 9.17) is 11.6 Å². The number of hydrogen-bond acceptors (Lipinski definition) is 3. The average molecular weight is 314 g/mol. The molecule has 3 aromatic rings. The molecule has 0 bridgehead atoms. The highest BCUT2D eigenvalue weighted by molar-refractivity contribution is 6.29. The third-order valence-corrected chi connectivity index (χ3v) is 3.77. The molecule has 0 aliphatic rings. The predicted molar refractivity (Wildman–Crippen MR) is 87.3 cm³/mol. The van der Waals surface area contributed by atoms with Crippen molar-refractivity contribution in [1.82, 2.24) is 14.8 Å². The molecule has 0 saturated carbocycles. The van der Waals surface area contributed by atoms with E-state index in [0.29, 0.717) is 11.6 Å². The third kappa shape index (κ3) is 2.89. The molecule has 0 spiro atoms. The van der Waals surface area contributed by atoms with Crippen LogP contribution in [0.4, 0.5) is 0 Å². The Labute approximate surface area is 134 Å². The van der Waals surface area contributed by atoms with Crippen molar-refractivity contribution in [1.29, 1.82) is 0 Å². The van der Waals surface area contributed by atoms with Crippen LogP contribution in [0.2, 0.25) is 5.15 Å². The molecule has 0 atom stereocenters. The molecular formula is C17H16ClN3O. The summed E-state index contributed by atoms with van der Waals surface area (Å²) in [6, 6.07) is 11.8. The molecule has 2 aromatic heterocycles. The highest BCUT2D eigenvalue weighted by Gasteiger charge is 2.11. The molecular weight excluding hydrogens is 298 g/mol. The largest absolute Gasteiger partial charge is 0.396 e. The standard InChI is InChI=1S/C17H16ClN3O/c1-12-11-13(21-9-2-8-19-21)3-4-14(12)15-5-6-17(18)20-16(15)7-10-22/h2-6,8-9,11,22H,7,10H2,1H3. The SMILES string of the molecule is Cc1cc(-n2cccn2)ccc1-c1ccc(Cl)nc1CCO. The lowest BCUT2D eigenvalue weighted by atomic mass is 9.97. The van der Waals surface area contributed by atoms with Gasteiger partial charge in [-0.2, -0.15) is 5.10 Å². The van der Waals surface area contributed by atoms with Gasteiger partial charge in [-0.05, 0) is 48.4 Å². The molecule has 0 amide bonds. The number of aliphatic hydroxyl groups is 1. The number of benzene rings is 1. The van der Waals surface area contributed by atoms with Crippen LogP contribution < -0.4 is 0 Å². The number of aryl methyl sites for hydroxylation is 1. The highest BCUT2D eigenvalue weighted by atomic mass is 35.5. The first-order valence-corrected chi connectivity index (χ1v) is 7.44. The minimum atomic E-state index is 0.0464. The van der Waals surface area contributed by atoms with E-state index in [2.05, 4.69) is 29.1 Å². The molecule has 0 fully saturated rings. The zero-order valence-electron chi connectivity index (χ0n) is 12.2. The fourth-order valence-corrected chi connectivity index (χ4v) is 2.70. The maximum atomic E-state index is 9.23. The molecule has 112 valence electrons. The molecule has 0 aliphatic heterocycles. The number of pyridine rings is 1. The van der Waals surface area contributed by atoms with Gasteiger partial charge in [0.25, 0.3) is 0 Å². The van der Waals surface area contributed by atoms with Gasteiger partial charge in [-0.25, -0.2) is 9.67 Å². The van der Waals surface area contributed by atoms with Crippen LogP contribution >= 0.6 is 11.6 Å². The molecule has 1 N–H and O–H groups in total. The maximum Gasteiger partial charge on any atom is 0.129 e. The Kier molecular flexibility index (Phi) is 4.22. The molecule has 2 heterocycles. The van der Waals surface area contributed by atoms with Crippen molar-refractivity contribution in [3.63, 3.8) is 0 Å². The van der Waals surface area contributed by atoms with Gasteiger partial charge < -0.3 is 5.11 Å². The van der Waals surface area contributed by atoms with Gasteiger partial charge in [0.2, 0.25) is 0 Å². The first kappa shape index (κ1) is 14.8. The van der Waals surface area contributed by atoms with Crippen molar-refractivity contribution < 1.29 is 5.11 Å². The number of aromatic nitrogens is 3. The summed E-state index contributed by atoms with van der Waals surface area (Å²) in [6.45, 7) is 2.10. The van der Waals surface area contributed by atoms with E-state index in [1.165, 1.54) is 0 Å². The van der Waals surface area contributed by atoms with E-state index in [-0.39, 0.29) is 6.61 Å². The van der Waals surface area contributed by atoms with Gasteiger partial charge in [0, 0.05) is 31.0 Å². The van der Waals surface area contributed by atoms with Gasteiger partial charge in [-0.15, -0.1) is 0 Å². The van der Waals surface area contributed by atoms with Gasteiger partial charge >= 0.3 is 0 Å². The van der Waals surface area contributed by atoms with E-state index >= 15 is 0 Å². The second kappa shape index (κ2) is 6.30. The van der Waals surface area contributed by atoms with Crippen molar-refractivity contribution in [2.75, 3.05) is 6.61 Å². The quantitative estimate of drug-likeness (QED) is 0.751. The number of halogens is 1. The van der Waals surface area contributed by atoms with Gasteiger partial charge in [-0.3, -0.25) is 0 Å². The van der Waals surface area contributed by atoms with Crippen LogP contribution in [-0.2, 0) is 6.42 Å². The lowest BCUT2D eigenvalue weighted by molar-refractivity contribution is 0.298. The van der Waals surface area contributed by atoms with Gasteiger partial charge in [0.05, 0.1) is 11.4 Å². The number of hydrogen-bond donors (Lipinski definition) is 1. The molecule has 0 radical (unpaired) electrons. The monoisotopic (exact) mass is 313 g/mol. The average Bonchev–Trinajstić information content (AvgIpc) is 3.03. The topological polar surface area (TPSA) is 50.9 Å². The van der Waals surface area contributed by atoms with Crippen molar-refractivity contribution in [2.24, 2.45) is 0 Å². The van der Waals surface area contributed by atoms with Crippen LogP contribution in [-0.4, -0.2) is 26.5 Å². The Morgan fingerprint density at radius 1 is 1.18 bits per heavy atom. The first-order valence-electron chi connectivity index (χ1n) is 7.06. The van der Waals surface area contributed by atoms with Gasteiger partial charge in [0.1, 0.15) is 5.15 Å². The van der Waals surface area contributed by atoms with E-state index in [9.17, 15) is 5.11 Å². The summed E-state index contributed by atoms with van der Waals surface area (Å²) in [6.07, 6.45) is 4.15. The molecule has 0 saturated heterocycles. The van der Waals surface area contributed by atoms with E-state index in [1.54, 1.807) is 12.3 Å². The van der Waals surface area contributed by atoms with E-state index in [1.807, 2.05) is 29.1 Å². The Balaban J connectivity index is 2.06. The van der Waals surface area contributed by atoms with Crippen LogP contribution in [0.15, 0.2) is 48.8 Å². The van der Waals surface area contributed by atoms with Gasteiger partial charge in [-0.1, -0.05) is 17.7 Å². The van der Waals surface area contributed by atoms with Crippen molar-refractivity contribution >= 4 is 11.6 Å². The normalized spacial score (nSPS) is 10.9. The zero-order valence-corrected chi connectivity index (χ0v) is 13.0. The smallest absolute Gasteiger partial charge is 0.129 e. The fourth-order valence-electron chi connectivity index (χ4n) is 2.53. The second-order valence-corrected chi connectivity index (χ2v) is 5.44. The molecule has 4 nitrogen and oxygen atoms in total. The third-order valence-electron chi connectivity index (χ3n) is 3.56. The molecule has 3 rings (SSSR count). The van der Waals surface area contributed by atoms with Crippen molar-refractivity contribution in [3.8, 4) is 16.8 Å². The van der Waals surface area contributed by atoms with Crippen LogP contribution in [0, 0.1) is 6.92 Å². The molecule has 0 aliphatic carbocycles. The molecule has 22 heavy (non-hydrogen) atoms. The zero-order chi connectivity index (χ0) is 15.5. The summed E-state index contributed by atoms with van der Waals surface area (Å²) in [5, 5.41) is 13.9. The van der Waals surface area contributed by atoms with Crippen LogP contribution in [0.1, 0.15) is 11.3 Å². The summed E-state index contributed by atoms with van der Waals surface area (Å²) in [4.78, 5) is 4.34. The Morgan fingerprint density at radius 3 is 2.68 bits per heavy atom. The maximum absolute atomic E-state index is 9.23. The summed E-state index contributed by atoms with van der Waals surface area (Å²) < 4.78 is 1.82. The fraction of sp³-hybridized carbons (Fsp3) is 0.176. The van der Waals surface area contributed by atoms with Crippen LogP contribution in [0.25, 0.3) is 16.8 Å². The Hall–Kier alpha value is -2.17.